The van der Waals surface area contributed by atoms with Crippen LogP contribution in [-0.4, -0.2) is 28.8 Å². The highest BCUT2D eigenvalue weighted by atomic mass is 35.5. The van der Waals surface area contributed by atoms with Gasteiger partial charge < -0.3 is 9.84 Å². The number of ether oxygens (including phenoxy) is 1. The summed E-state index contributed by atoms with van der Waals surface area (Å²) in [5.41, 5.74) is 0.0853. The van der Waals surface area contributed by atoms with Gasteiger partial charge in [-0.05, 0) is 37.3 Å². The second kappa shape index (κ2) is 6.26. The van der Waals surface area contributed by atoms with Gasteiger partial charge in [-0.2, -0.15) is 10.1 Å². The van der Waals surface area contributed by atoms with Crippen molar-refractivity contribution >= 4 is 23.2 Å². The Balaban J connectivity index is 2.00. The van der Waals surface area contributed by atoms with Gasteiger partial charge in [0.15, 0.2) is 5.72 Å². The third-order valence-corrected chi connectivity index (χ3v) is 4.19. The van der Waals surface area contributed by atoms with Gasteiger partial charge in [0, 0.05) is 28.3 Å². The predicted molar refractivity (Wildman–Crippen MR) is 92.2 cm³/mol. The lowest BCUT2D eigenvalue weighted by molar-refractivity contribution is -0.0765. The molecule has 1 aliphatic rings. The highest BCUT2D eigenvalue weighted by Crippen LogP contribution is 2.37. The third-order valence-electron chi connectivity index (χ3n) is 3.94. The lowest BCUT2D eigenvalue weighted by Crippen LogP contribution is -2.43. The van der Waals surface area contributed by atoms with Gasteiger partial charge in [-0.3, -0.25) is 4.79 Å². The van der Waals surface area contributed by atoms with E-state index in [4.69, 9.17) is 16.3 Å². The number of methoxy groups -OCH3 is 1. The second-order valence-corrected chi connectivity index (χ2v) is 6.12. The fourth-order valence-corrected chi connectivity index (χ4v) is 2.88. The Labute approximate surface area is 145 Å². The SMILES string of the molecule is COc1cccc(C(=O)N2N=C(C)C[C@@]2(O)c2ccc(Cl)cc2)c1. The molecule has 5 nitrogen and oxygen atoms in total. The van der Waals surface area contributed by atoms with Gasteiger partial charge in [-0.15, -0.1) is 0 Å². The minimum Gasteiger partial charge on any atom is -0.497 e. The maximum Gasteiger partial charge on any atom is 0.277 e. The lowest BCUT2D eigenvalue weighted by Gasteiger charge is -2.31. The van der Waals surface area contributed by atoms with E-state index in [1.807, 2.05) is 0 Å². The van der Waals surface area contributed by atoms with E-state index < -0.39 is 11.6 Å². The number of halogens is 1. The van der Waals surface area contributed by atoms with Crippen molar-refractivity contribution in [2.24, 2.45) is 5.10 Å². The van der Waals surface area contributed by atoms with Crippen LogP contribution < -0.4 is 4.74 Å². The van der Waals surface area contributed by atoms with E-state index in [0.717, 1.165) is 5.01 Å². The minimum absolute atomic E-state index is 0.240. The summed E-state index contributed by atoms with van der Waals surface area (Å²) >= 11 is 5.92. The molecule has 24 heavy (non-hydrogen) atoms. The molecule has 6 heteroatoms. The number of amides is 1. The van der Waals surface area contributed by atoms with E-state index >= 15 is 0 Å². The van der Waals surface area contributed by atoms with Gasteiger partial charge >= 0.3 is 0 Å². The molecule has 1 amide bonds. The first-order valence-electron chi connectivity index (χ1n) is 7.45. The third kappa shape index (κ3) is 2.88. The van der Waals surface area contributed by atoms with Crippen molar-refractivity contribution in [3.8, 4) is 5.75 Å². The summed E-state index contributed by atoms with van der Waals surface area (Å²) in [6.45, 7) is 1.78. The Hall–Kier alpha value is -2.37. The average molecular weight is 345 g/mol. The summed E-state index contributed by atoms with van der Waals surface area (Å²) in [7, 11) is 1.53. The molecule has 1 atom stereocenters. The van der Waals surface area contributed by atoms with Crippen molar-refractivity contribution in [1.29, 1.82) is 0 Å². The van der Waals surface area contributed by atoms with Crippen LogP contribution in [0, 0.1) is 0 Å². The fourth-order valence-electron chi connectivity index (χ4n) is 2.75. The van der Waals surface area contributed by atoms with Gasteiger partial charge in [0.05, 0.1) is 7.11 Å². The van der Waals surface area contributed by atoms with E-state index in [9.17, 15) is 9.90 Å². The number of nitrogens with zero attached hydrogens (tertiary/aromatic N) is 2. The molecule has 124 valence electrons. The molecule has 0 aliphatic carbocycles. The molecule has 1 aliphatic heterocycles. The molecule has 2 aromatic rings. The zero-order valence-corrected chi connectivity index (χ0v) is 14.1. The first-order valence-corrected chi connectivity index (χ1v) is 7.83. The van der Waals surface area contributed by atoms with E-state index in [2.05, 4.69) is 5.10 Å². The van der Waals surface area contributed by atoms with Crippen molar-refractivity contribution in [3.05, 3.63) is 64.7 Å². The molecule has 0 bridgehead atoms. The number of benzene rings is 2. The lowest BCUT2D eigenvalue weighted by atomic mass is 9.97. The van der Waals surface area contributed by atoms with Crippen LogP contribution in [0.2, 0.25) is 5.02 Å². The van der Waals surface area contributed by atoms with Crippen molar-refractivity contribution in [2.75, 3.05) is 7.11 Å². The van der Waals surface area contributed by atoms with Gasteiger partial charge in [0.25, 0.3) is 5.91 Å². The summed E-state index contributed by atoms with van der Waals surface area (Å²) in [5.74, 6) is 0.166. The van der Waals surface area contributed by atoms with Crippen LogP contribution >= 0.6 is 11.6 Å². The summed E-state index contributed by atoms with van der Waals surface area (Å²) in [6, 6.07) is 13.5. The molecule has 2 aromatic carbocycles. The molecular formula is C18H17ClN2O3. The van der Waals surface area contributed by atoms with Crippen molar-refractivity contribution in [2.45, 2.75) is 19.1 Å². The van der Waals surface area contributed by atoms with E-state index in [1.165, 1.54) is 7.11 Å². The topological polar surface area (TPSA) is 62.1 Å². The highest BCUT2D eigenvalue weighted by molar-refractivity contribution is 6.30. The Morgan fingerprint density at radius 3 is 2.67 bits per heavy atom. The molecule has 0 saturated heterocycles. The van der Waals surface area contributed by atoms with Crippen LogP contribution in [0.25, 0.3) is 0 Å². The number of hydrazone groups is 1. The van der Waals surface area contributed by atoms with Gasteiger partial charge in [0.2, 0.25) is 0 Å². The van der Waals surface area contributed by atoms with Crippen LogP contribution in [0.4, 0.5) is 0 Å². The van der Waals surface area contributed by atoms with Crippen LogP contribution in [0.15, 0.2) is 53.6 Å². The minimum atomic E-state index is -1.53. The number of rotatable bonds is 3. The molecule has 0 aromatic heterocycles. The average Bonchev–Trinajstić information content (AvgIpc) is 2.90. The largest absolute Gasteiger partial charge is 0.497 e. The van der Waals surface area contributed by atoms with Crippen molar-refractivity contribution < 1.29 is 14.6 Å². The molecule has 1 heterocycles. The summed E-state index contributed by atoms with van der Waals surface area (Å²) in [5, 5.41) is 17.1. The van der Waals surface area contributed by atoms with Crippen LogP contribution in [0.5, 0.6) is 5.75 Å². The van der Waals surface area contributed by atoms with Crippen LogP contribution in [0.3, 0.4) is 0 Å². The quantitative estimate of drug-likeness (QED) is 0.928. The molecule has 0 saturated carbocycles. The predicted octanol–water partition coefficient (Wildman–Crippen LogP) is 3.42. The Morgan fingerprint density at radius 1 is 1.29 bits per heavy atom. The first-order chi connectivity index (χ1) is 11.4. The first kappa shape index (κ1) is 16.5. The molecule has 0 spiro atoms. The maximum atomic E-state index is 12.9. The van der Waals surface area contributed by atoms with Gasteiger partial charge in [-0.25, -0.2) is 0 Å². The molecule has 0 radical (unpaired) electrons. The summed E-state index contributed by atoms with van der Waals surface area (Å²) in [4.78, 5) is 12.9. The highest BCUT2D eigenvalue weighted by Gasteiger charge is 2.45. The van der Waals surface area contributed by atoms with Crippen LogP contribution in [0.1, 0.15) is 29.3 Å². The molecule has 1 N–H and O–H groups in total. The molecule has 3 rings (SSSR count). The summed E-state index contributed by atoms with van der Waals surface area (Å²) < 4.78 is 5.15. The number of carbonyl (C=O) groups excluding carboxylic acids is 1. The zero-order chi connectivity index (χ0) is 17.3. The second-order valence-electron chi connectivity index (χ2n) is 5.68. The molecule has 0 fully saturated rings. The fraction of sp³-hybridized carbons (Fsp3) is 0.222. The number of carbonyl (C=O) groups is 1. The van der Waals surface area contributed by atoms with Gasteiger partial charge in [0.1, 0.15) is 5.75 Å². The maximum absolute atomic E-state index is 12.9. The number of aliphatic hydroxyl groups is 1. The number of hydrogen-bond acceptors (Lipinski definition) is 4. The Morgan fingerprint density at radius 2 is 2.00 bits per heavy atom. The Kier molecular flexibility index (Phi) is 4.30. The van der Waals surface area contributed by atoms with E-state index in [0.29, 0.717) is 27.6 Å². The standard InChI is InChI=1S/C18H17ClN2O3/c1-12-11-18(23,14-6-8-15(19)9-7-14)21(20-12)17(22)13-4-3-5-16(10-13)24-2/h3-10,23H,11H2,1-2H3/t18-/m1/s1. The summed E-state index contributed by atoms with van der Waals surface area (Å²) in [6.07, 6.45) is 0.240. The number of hydrogen-bond donors (Lipinski definition) is 1. The van der Waals surface area contributed by atoms with Crippen LogP contribution in [-0.2, 0) is 5.72 Å². The van der Waals surface area contributed by atoms with E-state index in [1.54, 1.807) is 55.5 Å². The molecular weight excluding hydrogens is 328 g/mol. The Bertz CT molecular complexity index is 804. The smallest absolute Gasteiger partial charge is 0.277 e. The zero-order valence-electron chi connectivity index (χ0n) is 13.4. The van der Waals surface area contributed by atoms with E-state index in [-0.39, 0.29) is 6.42 Å². The monoisotopic (exact) mass is 344 g/mol. The normalized spacial score (nSPS) is 20.0. The molecule has 0 unspecified atom stereocenters. The van der Waals surface area contributed by atoms with Crippen molar-refractivity contribution in [3.63, 3.8) is 0 Å². The van der Waals surface area contributed by atoms with Crippen molar-refractivity contribution in [1.82, 2.24) is 5.01 Å². The van der Waals surface area contributed by atoms with Gasteiger partial charge in [-0.1, -0.05) is 29.8 Å².